The first kappa shape index (κ1) is 49.4. The van der Waals surface area contributed by atoms with Gasteiger partial charge >= 0.3 is 0 Å². The molecule has 8 aromatic rings. The Bertz CT molecular complexity index is 4170. The first-order chi connectivity index (χ1) is 37.9. The summed E-state index contributed by atoms with van der Waals surface area (Å²) >= 11 is 0. The van der Waals surface area contributed by atoms with E-state index in [0.29, 0.717) is 11.3 Å². The van der Waals surface area contributed by atoms with Gasteiger partial charge in [0.1, 0.15) is 6.07 Å². The minimum atomic E-state index is -0.291. The summed E-state index contributed by atoms with van der Waals surface area (Å²) in [6, 6.07) is 59.0. The van der Waals surface area contributed by atoms with Crippen LogP contribution in [0.2, 0.25) is 0 Å². The van der Waals surface area contributed by atoms with Crippen LogP contribution in [0.5, 0.6) is 0 Å². The van der Waals surface area contributed by atoms with Crippen LogP contribution in [0.4, 0.5) is 28.4 Å². The molecule has 8 aromatic carbocycles. The van der Waals surface area contributed by atoms with Crippen molar-refractivity contribution in [3.8, 4) is 50.6 Å². The zero-order valence-corrected chi connectivity index (χ0v) is 45.6. The minimum Gasteiger partial charge on any atom is -0.329 e. The number of benzene rings is 8. The van der Waals surface area contributed by atoms with Gasteiger partial charge in [-0.3, -0.25) is 0 Å². The molecule has 78 heavy (non-hydrogen) atoms. The number of allylic oxidation sites excluding steroid dienone is 10. The monoisotopic (exact) mass is 1000 g/mol. The highest BCUT2D eigenvalue weighted by atomic mass is 15.2. The summed E-state index contributed by atoms with van der Waals surface area (Å²) in [5.74, 6) is -0.114. The van der Waals surface area contributed by atoms with Crippen LogP contribution < -0.4 is 9.80 Å². The Hall–Kier alpha value is -9.48. The Kier molecular flexibility index (Phi) is 12.6. The molecule has 4 aliphatic rings. The molecule has 0 spiro atoms. The lowest BCUT2D eigenvalue weighted by Gasteiger charge is -2.44. The Balaban J connectivity index is 1.06. The third kappa shape index (κ3) is 8.57. The summed E-state index contributed by atoms with van der Waals surface area (Å²) in [6.45, 7) is 26.0. The maximum Gasteiger partial charge on any atom is 0.210 e. The fourth-order valence-electron chi connectivity index (χ4n) is 12.3. The van der Waals surface area contributed by atoms with Gasteiger partial charge in [0.25, 0.3) is 0 Å². The lowest BCUT2D eigenvalue weighted by molar-refractivity contribution is 0.773. The molecule has 0 N–H and O–H groups in total. The van der Waals surface area contributed by atoms with E-state index in [0.717, 1.165) is 67.4 Å². The van der Waals surface area contributed by atoms with E-state index < -0.39 is 0 Å². The molecule has 4 nitrogen and oxygen atoms in total. The average molecular weight is 1010 g/mol. The first-order valence-corrected chi connectivity index (χ1v) is 27.0. The van der Waals surface area contributed by atoms with Crippen molar-refractivity contribution in [3.05, 3.63) is 301 Å². The second-order valence-electron chi connectivity index (χ2n) is 21.6. The minimum absolute atomic E-state index is 0.114. The Morgan fingerprint density at radius 1 is 0.474 bits per heavy atom. The smallest absolute Gasteiger partial charge is 0.210 e. The number of nitrogens with zero attached hydrogens (tertiary/aromatic N) is 4. The van der Waals surface area contributed by atoms with Crippen LogP contribution in [0.25, 0.3) is 49.4 Å². The molecule has 0 saturated heterocycles. The quantitative estimate of drug-likeness (QED) is 0.128. The van der Waals surface area contributed by atoms with E-state index in [4.69, 9.17) is 6.57 Å². The number of hydrogen-bond acceptors (Lipinski definition) is 3. The molecule has 376 valence electrons. The maximum absolute atomic E-state index is 11.0. The van der Waals surface area contributed by atoms with Crippen molar-refractivity contribution in [3.63, 3.8) is 0 Å². The average Bonchev–Trinajstić information content (AvgIpc) is 3.65. The summed E-state index contributed by atoms with van der Waals surface area (Å²) in [6.07, 6.45) is 18.4. The fourth-order valence-corrected chi connectivity index (χ4v) is 12.3. The van der Waals surface area contributed by atoms with E-state index in [1.165, 1.54) is 77.9 Å². The largest absolute Gasteiger partial charge is 0.329 e. The first-order valence-electron chi connectivity index (χ1n) is 27.0. The Labute approximate surface area is 460 Å². The lowest BCUT2D eigenvalue weighted by Crippen LogP contribution is -2.38. The van der Waals surface area contributed by atoms with Crippen LogP contribution in [0.15, 0.2) is 240 Å². The van der Waals surface area contributed by atoms with E-state index >= 15 is 0 Å². The molecule has 0 aliphatic heterocycles. The van der Waals surface area contributed by atoms with Gasteiger partial charge in [0.15, 0.2) is 0 Å². The van der Waals surface area contributed by atoms with Gasteiger partial charge in [-0.15, -0.1) is 0 Å². The molecular formula is C74H60N4. The summed E-state index contributed by atoms with van der Waals surface area (Å²) < 4.78 is 0. The molecule has 4 heteroatoms. The highest BCUT2D eigenvalue weighted by molar-refractivity contribution is 5.95. The molecule has 0 amide bonds. The third-order valence-electron chi connectivity index (χ3n) is 16.3. The van der Waals surface area contributed by atoms with Crippen LogP contribution in [-0.4, -0.2) is 6.04 Å². The van der Waals surface area contributed by atoms with Crippen molar-refractivity contribution >= 4 is 28.4 Å². The fraction of sp³-hybridized carbons (Fsp3) is 0.135. The molecule has 0 saturated carbocycles. The van der Waals surface area contributed by atoms with Gasteiger partial charge in [0.05, 0.1) is 35.2 Å². The van der Waals surface area contributed by atoms with Crippen LogP contribution in [-0.2, 0) is 0 Å². The third-order valence-corrected chi connectivity index (χ3v) is 16.3. The lowest BCUT2D eigenvalue weighted by atomic mass is 9.67. The Morgan fingerprint density at radius 3 is 1.62 bits per heavy atom. The van der Waals surface area contributed by atoms with Crippen molar-refractivity contribution in [1.82, 2.24) is 0 Å². The van der Waals surface area contributed by atoms with Gasteiger partial charge in [-0.05, 0) is 187 Å². The van der Waals surface area contributed by atoms with Gasteiger partial charge in [-0.25, -0.2) is 4.85 Å². The van der Waals surface area contributed by atoms with E-state index in [1.807, 2.05) is 30.3 Å². The molecule has 0 bridgehead atoms. The van der Waals surface area contributed by atoms with Gasteiger partial charge in [-0.2, -0.15) is 5.26 Å². The van der Waals surface area contributed by atoms with E-state index in [9.17, 15) is 5.26 Å². The van der Waals surface area contributed by atoms with E-state index in [1.54, 1.807) is 0 Å². The highest BCUT2D eigenvalue weighted by Crippen LogP contribution is 2.54. The number of aryl methyl sites for hydroxylation is 8. The number of para-hydroxylation sites is 3. The van der Waals surface area contributed by atoms with Crippen molar-refractivity contribution < 1.29 is 0 Å². The number of rotatable bonds is 10. The summed E-state index contributed by atoms with van der Waals surface area (Å²) in [5, 5.41) is 11.0. The van der Waals surface area contributed by atoms with Crippen LogP contribution in [0.1, 0.15) is 50.1 Å². The zero-order valence-electron chi connectivity index (χ0n) is 45.6. The maximum atomic E-state index is 11.0. The molecule has 12 rings (SSSR count). The van der Waals surface area contributed by atoms with E-state index in [-0.39, 0.29) is 12.0 Å². The van der Waals surface area contributed by atoms with Gasteiger partial charge in [0.2, 0.25) is 5.69 Å². The number of anilines is 4. The van der Waals surface area contributed by atoms with Crippen molar-refractivity contribution in [2.24, 2.45) is 5.92 Å². The highest BCUT2D eigenvalue weighted by Gasteiger charge is 2.41. The normalized spacial score (nSPS) is 15.8. The SMILES string of the molecule is [C-]#[N+]c1ccccc1N(C1=C2C=CC3=C4C(=CC=C(C=C1)C24)C(N(c1ccccc1C#N)c1ccc(-c2cc(C)ccc2C)cc1-c1cc(C)ccc1C)C=C3)c1ccc(-c2cc(C)ccc2C)cc1-c1cc(C)ccc1C. The van der Waals surface area contributed by atoms with Crippen molar-refractivity contribution in [2.75, 3.05) is 9.80 Å². The second kappa shape index (κ2) is 19.9. The molecule has 0 aromatic heterocycles. The molecule has 4 aliphatic carbocycles. The van der Waals surface area contributed by atoms with Crippen LogP contribution in [0, 0.1) is 79.2 Å². The molecule has 2 atom stereocenters. The van der Waals surface area contributed by atoms with Crippen LogP contribution in [0.3, 0.4) is 0 Å². The van der Waals surface area contributed by atoms with E-state index in [2.05, 4.69) is 252 Å². The van der Waals surface area contributed by atoms with Crippen molar-refractivity contribution in [2.45, 2.75) is 61.4 Å². The van der Waals surface area contributed by atoms with Gasteiger partial charge in [-0.1, -0.05) is 180 Å². The summed E-state index contributed by atoms with van der Waals surface area (Å²) in [5.41, 5.74) is 30.7. The molecule has 0 fully saturated rings. The number of nitriles is 1. The van der Waals surface area contributed by atoms with Crippen molar-refractivity contribution in [1.29, 1.82) is 5.26 Å². The predicted octanol–water partition coefficient (Wildman–Crippen LogP) is 19.3. The van der Waals surface area contributed by atoms with Crippen LogP contribution >= 0.6 is 0 Å². The summed E-state index contributed by atoms with van der Waals surface area (Å²) in [7, 11) is 0. The number of hydrogen-bond donors (Lipinski definition) is 0. The molecule has 0 heterocycles. The molecule has 0 radical (unpaired) electrons. The second-order valence-corrected chi connectivity index (χ2v) is 21.6. The Morgan fingerprint density at radius 2 is 1.01 bits per heavy atom. The summed E-state index contributed by atoms with van der Waals surface area (Å²) in [4.78, 5) is 8.96. The topological polar surface area (TPSA) is 34.6 Å². The van der Waals surface area contributed by atoms with Gasteiger partial charge < -0.3 is 9.80 Å². The molecule has 2 unspecified atom stereocenters. The standard InChI is InChI=1S/C74H60N4/c1-45-18-22-49(5)60(38-45)55-30-36-70(64(42-55)62-40-47(3)20-24-51(62)7)77(67-16-12-10-14-57(67)44-75)68-34-28-53-27-33-59-69(35-29-54-26-32-58(68)73(53)74(54)59)78(72-17-13-11-15-66(72)76-9)71-37-31-56(61-39-46(2)19-23-50(61)6)43-65(71)63-41-48(4)21-25-52(63)8/h10-43,68,74H,1-8H3. The molecular weight excluding hydrogens is 945 g/mol. The van der Waals surface area contributed by atoms with Gasteiger partial charge in [0, 0.05) is 28.4 Å². The zero-order chi connectivity index (χ0) is 53.9. The predicted molar refractivity (Wildman–Crippen MR) is 326 cm³/mol.